The molecular weight excluding hydrogens is 312 g/mol. The summed E-state index contributed by atoms with van der Waals surface area (Å²) in [4.78, 5) is 23.3. The zero-order valence-electron chi connectivity index (χ0n) is 12.5. The van der Waals surface area contributed by atoms with E-state index in [1.54, 1.807) is 0 Å². The van der Waals surface area contributed by atoms with Gasteiger partial charge in [-0.25, -0.2) is 17.5 Å². The van der Waals surface area contributed by atoms with Gasteiger partial charge in [0.15, 0.2) is 5.76 Å². The van der Waals surface area contributed by atoms with Crippen molar-refractivity contribution in [2.24, 2.45) is 0 Å². The summed E-state index contributed by atoms with van der Waals surface area (Å²) in [6.07, 6.45) is 1.40. The van der Waals surface area contributed by atoms with Crippen LogP contribution in [-0.2, 0) is 14.8 Å². The van der Waals surface area contributed by atoms with Gasteiger partial charge in [0, 0.05) is 20.2 Å². The summed E-state index contributed by atoms with van der Waals surface area (Å²) in [5.74, 6) is -1.97. The molecule has 0 spiro atoms. The fourth-order valence-electron chi connectivity index (χ4n) is 2.23. The molecule has 22 heavy (non-hydrogen) atoms. The predicted molar refractivity (Wildman–Crippen MR) is 76.0 cm³/mol. The lowest BCUT2D eigenvalue weighted by Crippen LogP contribution is -2.59. The van der Waals surface area contributed by atoms with Crippen molar-refractivity contribution in [3.05, 3.63) is 17.6 Å². The number of amides is 1. The zero-order valence-corrected chi connectivity index (χ0v) is 13.4. The average molecular weight is 330 g/mol. The second-order valence-corrected chi connectivity index (χ2v) is 7.63. The Labute approximate surface area is 128 Å². The van der Waals surface area contributed by atoms with Gasteiger partial charge in [0.05, 0.1) is 0 Å². The summed E-state index contributed by atoms with van der Waals surface area (Å²) in [6.45, 7) is 1.43. The van der Waals surface area contributed by atoms with Crippen LogP contribution in [0.3, 0.4) is 0 Å². The predicted octanol–water partition coefficient (Wildman–Crippen LogP) is 0.575. The number of nitrogens with one attached hydrogen (secondary N) is 1. The van der Waals surface area contributed by atoms with Crippen LogP contribution in [0.25, 0.3) is 0 Å². The minimum atomic E-state index is -3.73. The highest BCUT2D eigenvalue weighted by molar-refractivity contribution is 7.89. The van der Waals surface area contributed by atoms with E-state index in [0.717, 1.165) is 10.4 Å². The van der Waals surface area contributed by atoms with E-state index < -0.39 is 27.4 Å². The lowest BCUT2D eigenvalue weighted by atomic mass is 9.76. The van der Waals surface area contributed by atoms with Crippen LogP contribution in [0.1, 0.15) is 35.6 Å². The highest BCUT2D eigenvalue weighted by Crippen LogP contribution is 2.32. The number of aryl methyl sites for hydroxylation is 1. The quantitative estimate of drug-likeness (QED) is 0.815. The molecule has 1 aliphatic carbocycles. The Morgan fingerprint density at radius 3 is 2.36 bits per heavy atom. The fraction of sp³-hybridized carbons (Fsp3) is 0.538. The summed E-state index contributed by atoms with van der Waals surface area (Å²) in [5, 5.41) is 11.6. The summed E-state index contributed by atoms with van der Waals surface area (Å²) in [6, 6.07) is 1.12. The highest BCUT2D eigenvalue weighted by Gasteiger charge is 2.46. The zero-order chi connectivity index (χ0) is 16.7. The van der Waals surface area contributed by atoms with E-state index >= 15 is 0 Å². The molecule has 0 saturated heterocycles. The van der Waals surface area contributed by atoms with Gasteiger partial charge in [-0.3, -0.25) is 4.79 Å². The smallest absolute Gasteiger partial charge is 0.329 e. The van der Waals surface area contributed by atoms with Crippen LogP contribution in [0.5, 0.6) is 0 Å². The Hall–Kier alpha value is -1.87. The topological polar surface area (TPSA) is 117 Å². The molecule has 1 aliphatic rings. The SMILES string of the molecule is Cc1oc(C(=O)NC2(C(=O)O)CCC2)cc1S(=O)(=O)N(C)C. The third kappa shape index (κ3) is 2.61. The average Bonchev–Trinajstić information content (AvgIpc) is 2.75. The molecule has 1 saturated carbocycles. The van der Waals surface area contributed by atoms with Crippen LogP contribution in [0.15, 0.2) is 15.4 Å². The van der Waals surface area contributed by atoms with Crippen LogP contribution in [0.2, 0.25) is 0 Å². The molecule has 8 nitrogen and oxygen atoms in total. The summed E-state index contributed by atoms with van der Waals surface area (Å²) in [7, 11) is -0.988. The van der Waals surface area contributed by atoms with Crippen molar-refractivity contribution in [2.45, 2.75) is 36.6 Å². The van der Waals surface area contributed by atoms with Crippen LogP contribution < -0.4 is 5.32 Å². The molecule has 0 radical (unpaired) electrons. The number of furan rings is 1. The Morgan fingerprint density at radius 2 is 1.95 bits per heavy atom. The second kappa shape index (κ2) is 5.40. The lowest BCUT2D eigenvalue weighted by Gasteiger charge is -2.37. The Kier molecular flexibility index (Phi) is 4.05. The number of carboxylic acids is 1. The first-order chi connectivity index (χ1) is 10.1. The van der Waals surface area contributed by atoms with Gasteiger partial charge in [-0.15, -0.1) is 0 Å². The van der Waals surface area contributed by atoms with Gasteiger partial charge in [-0.05, 0) is 26.2 Å². The molecule has 0 aromatic carbocycles. The number of rotatable bonds is 5. The first-order valence-corrected chi connectivity index (χ1v) is 8.13. The van der Waals surface area contributed by atoms with E-state index in [4.69, 9.17) is 4.42 Å². The number of carboxylic acid groups (broad SMARTS) is 1. The van der Waals surface area contributed by atoms with Crippen LogP contribution in [-0.4, -0.2) is 49.3 Å². The minimum absolute atomic E-state index is 0.0804. The third-order valence-corrected chi connectivity index (χ3v) is 5.75. The van der Waals surface area contributed by atoms with Gasteiger partial charge in [-0.1, -0.05) is 0 Å². The maximum absolute atomic E-state index is 12.1. The molecule has 1 aromatic rings. The molecule has 2 rings (SSSR count). The number of sulfonamides is 1. The summed E-state index contributed by atoms with van der Waals surface area (Å²) >= 11 is 0. The molecule has 0 aliphatic heterocycles. The fourth-order valence-corrected chi connectivity index (χ4v) is 3.29. The normalized spacial score (nSPS) is 17.1. The van der Waals surface area contributed by atoms with Crippen molar-refractivity contribution in [1.29, 1.82) is 0 Å². The molecular formula is C13H18N2O6S. The van der Waals surface area contributed by atoms with E-state index in [2.05, 4.69) is 5.32 Å². The molecule has 2 N–H and O–H groups in total. The second-order valence-electron chi connectivity index (χ2n) is 5.51. The lowest BCUT2D eigenvalue weighted by molar-refractivity contribution is -0.148. The monoisotopic (exact) mass is 330 g/mol. The minimum Gasteiger partial charge on any atom is -0.480 e. The van der Waals surface area contributed by atoms with E-state index in [1.807, 2.05) is 0 Å². The number of nitrogens with zero attached hydrogens (tertiary/aromatic N) is 1. The molecule has 1 fully saturated rings. The maximum atomic E-state index is 12.1. The maximum Gasteiger partial charge on any atom is 0.329 e. The highest BCUT2D eigenvalue weighted by atomic mass is 32.2. The van der Waals surface area contributed by atoms with Gasteiger partial charge in [-0.2, -0.15) is 0 Å². The van der Waals surface area contributed by atoms with Crippen molar-refractivity contribution in [1.82, 2.24) is 9.62 Å². The number of carbonyl (C=O) groups excluding carboxylic acids is 1. The largest absolute Gasteiger partial charge is 0.480 e. The Morgan fingerprint density at radius 1 is 1.36 bits per heavy atom. The van der Waals surface area contributed by atoms with Crippen molar-refractivity contribution in [2.75, 3.05) is 14.1 Å². The van der Waals surface area contributed by atoms with Crippen LogP contribution >= 0.6 is 0 Å². The van der Waals surface area contributed by atoms with Gasteiger partial charge >= 0.3 is 5.97 Å². The molecule has 0 unspecified atom stereocenters. The van der Waals surface area contributed by atoms with Gasteiger partial charge in [0.2, 0.25) is 10.0 Å². The molecule has 122 valence electrons. The molecule has 1 aromatic heterocycles. The first-order valence-electron chi connectivity index (χ1n) is 6.69. The van der Waals surface area contributed by atoms with Crippen LogP contribution in [0, 0.1) is 6.92 Å². The molecule has 1 heterocycles. The van der Waals surface area contributed by atoms with E-state index in [-0.39, 0.29) is 16.4 Å². The number of hydrogen-bond donors (Lipinski definition) is 2. The van der Waals surface area contributed by atoms with Crippen LogP contribution in [0.4, 0.5) is 0 Å². The number of hydrogen-bond acceptors (Lipinski definition) is 5. The molecule has 0 bridgehead atoms. The van der Waals surface area contributed by atoms with Gasteiger partial charge < -0.3 is 14.8 Å². The number of carbonyl (C=O) groups is 2. The first kappa shape index (κ1) is 16.5. The van der Waals surface area contributed by atoms with E-state index in [0.29, 0.717) is 19.3 Å². The summed E-state index contributed by atoms with van der Waals surface area (Å²) < 4.78 is 30.4. The standard InChI is InChI=1S/C13H18N2O6S/c1-8-10(22(19,20)15(2)3)7-9(21-8)11(16)14-13(12(17)18)5-4-6-13/h7H,4-6H2,1-3H3,(H,14,16)(H,17,18). The van der Waals surface area contributed by atoms with E-state index in [1.165, 1.54) is 21.0 Å². The molecule has 9 heteroatoms. The van der Waals surface area contributed by atoms with Crippen molar-refractivity contribution < 1.29 is 27.5 Å². The van der Waals surface area contributed by atoms with Gasteiger partial charge in [0.1, 0.15) is 16.2 Å². The van der Waals surface area contributed by atoms with E-state index in [9.17, 15) is 23.1 Å². The van der Waals surface area contributed by atoms with Gasteiger partial charge in [0.25, 0.3) is 5.91 Å². The van der Waals surface area contributed by atoms with Crippen molar-refractivity contribution in [3.8, 4) is 0 Å². The Bertz CT molecular complexity index is 715. The molecule has 0 atom stereocenters. The molecule has 1 amide bonds. The summed E-state index contributed by atoms with van der Waals surface area (Å²) in [5.41, 5.74) is -1.28. The Balaban J connectivity index is 2.28. The van der Waals surface area contributed by atoms with Crippen molar-refractivity contribution >= 4 is 21.9 Å². The third-order valence-electron chi connectivity index (χ3n) is 3.82. The van der Waals surface area contributed by atoms with Crippen molar-refractivity contribution in [3.63, 3.8) is 0 Å². The number of aliphatic carboxylic acids is 1.